The predicted octanol–water partition coefficient (Wildman–Crippen LogP) is 14.7. The van der Waals surface area contributed by atoms with Crippen molar-refractivity contribution in [2.24, 2.45) is 0 Å². The van der Waals surface area contributed by atoms with Crippen LogP contribution in [0.2, 0.25) is 0 Å². The van der Waals surface area contributed by atoms with Gasteiger partial charge in [0, 0.05) is 21.9 Å². The molecule has 12 rings (SSSR count). The summed E-state index contributed by atoms with van der Waals surface area (Å²) in [5.41, 5.74) is 16.9. The van der Waals surface area contributed by atoms with Gasteiger partial charge in [0.1, 0.15) is 17.5 Å². The number of fused-ring (bicyclic) bond motifs is 6. The van der Waals surface area contributed by atoms with Gasteiger partial charge in [-0.25, -0.2) is 0 Å². The van der Waals surface area contributed by atoms with E-state index in [-0.39, 0.29) is 0 Å². The van der Waals surface area contributed by atoms with E-state index in [4.69, 9.17) is 9.40 Å². The number of rotatable bonds is 7. The summed E-state index contributed by atoms with van der Waals surface area (Å²) in [5, 5.41) is 3.38. The van der Waals surface area contributed by atoms with Crippen molar-refractivity contribution < 1.29 is 8.98 Å². The Morgan fingerprint density at radius 2 is 0.839 bits per heavy atom. The van der Waals surface area contributed by atoms with E-state index in [1.54, 1.807) is 0 Å². The lowest BCUT2D eigenvalue weighted by Gasteiger charge is -2.20. The predicted molar refractivity (Wildman–Crippen MR) is 255 cm³/mol. The molecule has 4 heteroatoms. The van der Waals surface area contributed by atoms with Crippen LogP contribution in [0.3, 0.4) is 0 Å². The van der Waals surface area contributed by atoms with Gasteiger partial charge < -0.3 is 8.98 Å². The lowest BCUT2D eigenvalue weighted by Crippen LogP contribution is -2.34. The number of aromatic nitrogens is 3. The zero-order valence-corrected chi connectivity index (χ0v) is 33.7. The normalized spacial score (nSPS) is 11.5. The highest BCUT2D eigenvalue weighted by molar-refractivity contribution is 6.13. The van der Waals surface area contributed by atoms with Crippen LogP contribution in [0.1, 0.15) is 0 Å². The van der Waals surface area contributed by atoms with Crippen molar-refractivity contribution in [3.8, 4) is 67.3 Å². The highest BCUT2D eigenvalue weighted by Crippen LogP contribution is 2.45. The van der Waals surface area contributed by atoms with Gasteiger partial charge in [-0.1, -0.05) is 164 Å². The van der Waals surface area contributed by atoms with Crippen molar-refractivity contribution in [1.82, 2.24) is 9.55 Å². The maximum absolute atomic E-state index is 6.43. The van der Waals surface area contributed by atoms with Gasteiger partial charge in [-0.2, -0.15) is 4.57 Å². The van der Waals surface area contributed by atoms with Crippen molar-refractivity contribution >= 4 is 43.9 Å². The molecular formula is C58H38N3O+. The molecule has 0 atom stereocenters. The SMILES string of the molecule is c1ccc(-c2ccc3c(c2)c2cc(-c4ccccc4)ccc2n3-c2c(-c3ccccc3)cc(-c3nc4c(c[n+]3-c3ccccc3)oc3ccccc34)cc2-c2ccccc2)cc1. The molecule has 0 unspecified atom stereocenters. The maximum Gasteiger partial charge on any atom is 0.336 e. The highest BCUT2D eigenvalue weighted by Gasteiger charge is 2.28. The summed E-state index contributed by atoms with van der Waals surface area (Å²) >= 11 is 0. The first-order valence-electron chi connectivity index (χ1n) is 21.0. The molecule has 0 saturated carbocycles. The van der Waals surface area contributed by atoms with E-state index >= 15 is 0 Å². The zero-order valence-electron chi connectivity index (χ0n) is 33.7. The van der Waals surface area contributed by atoms with E-state index < -0.39 is 0 Å². The summed E-state index contributed by atoms with van der Waals surface area (Å²) in [6, 6.07) is 80.0. The van der Waals surface area contributed by atoms with Crippen LogP contribution in [0.15, 0.2) is 235 Å². The number of furan rings is 1. The standard InChI is InChI=1S/C58H38N3O/c1-6-18-39(19-7-1)43-30-32-52-50(34-43)51-35-44(40-20-8-2-9-21-40)31-33-53(51)61(52)57-48(41-22-10-3-11-23-41)36-45(37-49(57)42-24-12-4-13-25-42)58-59-56-47-28-16-17-29-54(47)62-55(56)38-60(58)46-26-14-5-15-27-46/h1-38H/q+1. The van der Waals surface area contributed by atoms with Crippen molar-refractivity contribution in [3.63, 3.8) is 0 Å². The summed E-state index contributed by atoms with van der Waals surface area (Å²) < 4.78 is 11.1. The lowest BCUT2D eigenvalue weighted by molar-refractivity contribution is -0.585. The summed E-state index contributed by atoms with van der Waals surface area (Å²) in [7, 11) is 0. The molecule has 0 radical (unpaired) electrons. The second-order valence-electron chi connectivity index (χ2n) is 15.8. The maximum atomic E-state index is 6.43. The van der Waals surface area contributed by atoms with Crippen LogP contribution < -0.4 is 4.57 Å². The summed E-state index contributed by atoms with van der Waals surface area (Å²) in [4.78, 5) is 5.51. The van der Waals surface area contributed by atoms with E-state index in [9.17, 15) is 0 Å². The van der Waals surface area contributed by atoms with Gasteiger partial charge in [0.2, 0.25) is 11.1 Å². The van der Waals surface area contributed by atoms with Gasteiger partial charge >= 0.3 is 5.82 Å². The van der Waals surface area contributed by atoms with E-state index in [1.807, 2.05) is 24.3 Å². The molecule has 0 aliphatic rings. The van der Waals surface area contributed by atoms with Crippen LogP contribution in [0, 0.1) is 0 Å². The average Bonchev–Trinajstić information content (AvgIpc) is 3.89. The van der Waals surface area contributed by atoms with E-state index in [0.29, 0.717) is 0 Å². The van der Waals surface area contributed by atoms with Crippen LogP contribution in [0.4, 0.5) is 0 Å². The Balaban J connectivity index is 1.21. The molecule has 9 aromatic carbocycles. The minimum absolute atomic E-state index is 0.733. The second-order valence-corrected chi connectivity index (χ2v) is 15.8. The average molecular weight is 793 g/mol. The van der Waals surface area contributed by atoms with Crippen LogP contribution in [-0.2, 0) is 0 Å². The van der Waals surface area contributed by atoms with Crippen molar-refractivity contribution in [1.29, 1.82) is 0 Å². The van der Waals surface area contributed by atoms with Crippen LogP contribution in [0.5, 0.6) is 0 Å². The Morgan fingerprint density at radius 1 is 0.371 bits per heavy atom. The third-order valence-corrected chi connectivity index (χ3v) is 12.1. The van der Waals surface area contributed by atoms with Gasteiger partial charge in [-0.05, 0) is 99.0 Å². The Bertz CT molecular complexity index is 3440. The third-order valence-electron chi connectivity index (χ3n) is 12.1. The number of hydrogen-bond donors (Lipinski definition) is 0. The zero-order chi connectivity index (χ0) is 41.0. The lowest BCUT2D eigenvalue weighted by atomic mass is 9.92. The molecule has 4 nitrogen and oxygen atoms in total. The molecular weight excluding hydrogens is 755 g/mol. The molecule has 290 valence electrons. The molecule has 0 aliphatic carbocycles. The first-order chi connectivity index (χ1) is 30.7. The smallest absolute Gasteiger partial charge is 0.336 e. The molecule has 12 aromatic rings. The second kappa shape index (κ2) is 14.7. The van der Waals surface area contributed by atoms with Gasteiger partial charge in [-0.15, -0.1) is 0 Å². The summed E-state index contributed by atoms with van der Waals surface area (Å²) in [5.74, 6) is 0.818. The topological polar surface area (TPSA) is 34.8 Å². The summed E-state index contributed by atoms with van der Waals surface area (Å²) in [6.07, 6.45) is 2.09. The van der Waals surface area contributed by atoms with Gasteiger partial charge in [0.05, 0.1) is 27.7 Å². The fourth-order valence-electron chi connectivity index (χ4n) is 9.15. The molecule has 62 heavy (non-hydrogen) atoms. The number of benzene rings is 9. The fourth-order valence-corrected chi connectivity index (χ4v) is 9.15. The van der Waals surface area contributed by atoms with Crippen molar-refractivity contribution in [2.75, 3.05) is 0 Å². The minimum Gasteiger partial charge on any atom is -0.448 e. The highest BCUT2D eigenvalue weighted by atomic mass is 16.3. The monoisotopic (exact) mass is 792 g/mol. The largest absolute Gasteiger partial charge is 0.448 e. The molecule has 0 amide bonds. The molecule has 0 fully saturated rings. The van der Waals surface area contributed by atoms with Crippen molar-refractivity contribution in [2.45, 2.75) is 0 Å². The molecule has 0 saturated heterocycles. The molecule has 0 N–H and O–H groups in total. The summed E-state index contributed by atoms with van der Waals surface area (Å²) in [6.45, 7) is 0. The Hall–Kier alpha value is -8.34. The minimum atomic E-state index is 0.733. The van der Waals surface area contributed by atoms with Gasteiger partial charge in [0.15, 0.2) is 0 Å². The van der Waals surface area contributed by atoms with E-state index in [1.165, 1.54) is 33.0 Å². The molecule has 0 spiro atoms. The quantitative estimate of drug-likeness (QED) is 0.151. The van der Waals surface area contributed by atoms with E-state index in [2.05, 4.69) is 216 Å². The van der Waals surface area contributed by atoms with Gasteiger partial charge in [-0.3, -0.25) is 0 Å². The first-order valence-corrected chi connectivity index (χ1v) is 21.0. The Labute approximate surface area is 358 Å². The van der Waals surface area contributed by atoms with Gasteiger partial charge in [0.25, 0.3) is 0 Å². The number of nitrogens with zero attached hydrogens (tertiary/aromatic N) is 3. The molecule has 0 bridgehead atoms. The number of hydrogen-bond acceptors (Lipinski definition) is 2. The number of para-hydroxylation sites is 2. The van der Waals surface area contributed by atoms with E-state index in [0.717, 1.165) is 78.1 Å². The van der Waals surface area contributed by atoms with Crippen LogP contribution in [-0.4, -0.2) is 9.55 Å². The molecule has 3 aromatic heterocycles. The fraction of sp³-hybridized carbons (Fsp3) is 0. The Kier molecular flexibility index (Phi) is 8.46. The first kappa shape index (κ1) is 35.6. The van der Waals surface area contributed by atoms with Crippen molar-refractivity contribution in [3.05, 3.63) is 231 Å². The third kappa shape index (κ3) is 6.00. The molecule has 3 heterocycles. The molecule has 0 aliphatic heterocycles. The Morgan fingerprint density at radius 3 is 1.37 bits per heavy atom. The van der Waals surface area contributed by atoms with Crippen LogP contribution in [0.25, 0.3) is 111 Å². The van der Waals surface area contributed by atoms with Crippen LogP contribution >= 0.6 is 0 Å².